The van der Waals surface area contributed by atoms with Gasteiger partial charge >= 0.3 is 0 Å². The number of likely N-dealkylation sites (tertiary alicyclic amines) is 1. The Morgan fingerprint density at radius 1 is 1.19 bits per heavy atom. The number of fused-ring (bicyclic) bond motifs is 1. The lowest BCUT2D eigenvalue weighted by Gasteiger charge is -2.24. The average molecular weight is 431 g/mol. The standard InChI is InChI=1S/C23H34N4O4/c1-17-13-18(14-24-21(17)29-4)27-20-6-11-30-10-5-19(20)22(25-27)31-16-23(2)7-8-26(15-23)9-12-28-3/h13-14H,5-12,15-16H2,1-4H3. The molecule has 0 bridgehead atoms. The highest BCUT2D eigenvalue weighted by Crippen LogP contribution is 2.33. The van der Waals surface area contributed by atoms with Crippen molar-refractivity contribution < 1.29 is 18.9 Å². The summed E-state index contributed by atoms with van der Waals surface area (Å²) in [5.41, 5.74) is 4.32. The highest BCUT2D eigenvalue weighted by molar-refractivity contribution is 5.43. The fourth-order valence-corrected chi connectivity index (χ4v) is 4.52. The van der Waals surface area contributed by atoms with E-state index in [9.17, 15) is 0 Å². The number of methoxy groups -OCH3 is 2. The summed E-state index contributed by atoms with van der Waals surface area (Å²) in [6, 6.07) is 2.06. The quantitative estimate of drug-likeness (QED) is 0.637. The Morgan fingerprint density at radius 3 is 2.81 bits per heavy atom. The van der Waals surface area contributed by atoms with Crippen LogP contribution in [-0.2, 0) is 22.3 Å². The number of hydrogen-bond donors (Lipinski definition) is 0. The SMILES string of the molecule is COCCN1CCC(C)(COc2nn(-c3cnc(OC)c(C)c3)c3c2CCOCC3)C1. The first-order valence-electron chi connectivity index (χ1n) is 11.1. The van der Waals surface area contributed by atoms with E-state index in [0.29, 0.717) is 25.7 Å². The summed E-state index contributed by atoms with van der Waals surface area (Å²) in [7, 11) is 3.39. The molecule has 8 heteroatoms. The summed E-state index contributed by atoms with van der Waals surface area (Å²) < 4.78 is 24.6. The Morgan fingerprint density at radius 2 is 2.03 bits per heavy atom. The van der Waals surface area contributed by atoms with Crippen molar-refractivity contribution in [3.05, 3.63) is 29.1 Å². The molecular formula is C23H34N4O4. The van der Waals surface area contributed by atoms with Crippen molar-refractivity contribution in [2.24, 2.45) is 5.41 Å². The summed E-state index contributed by atoms with van der Waals surface area (Å²) in [5.74, 6) is 1.36. The fourth-order valence-electron chi connectivity index (χ4n) is 4.52. The van der Waals surface area contributed by atoms with E-state index in [-0.39, 0.29) is 5.41 Å². The van der Waals surface area contributed by atoms with Crippen molar-refractivity contribution in [2.45, 2.75) is 33.1 Å². The minimum Gasteiger partial charge on any atom is -0.481 e. The van der Waals surface area contributed by atoms with Gasteiger partial charge in [-0.3, -0.25) is 0 Å². The Hall–Kier alpha value is -2.16. The van der Waals surface area contributed by atoms with Crippen LogP contribution in [0.4, 0.5) is 0 Å². The van der Waals surface area contributed by atoms with Gasteiger partial charge in [0.05, 0.1) is 51.1 Å². The number of aryl methyl sites for hydroxylation is 1. The molecule has 1 saturated heterocycles. The molecule has 4 rings (SSSR count). The maximum absolute atomic E-state index is 6.39. The average Bonchev–Trinajstić information content (AvgIpc) is 3.21. The zero-order valence-electron chi connectivity index (χ0n) is 19.1. The smallest absolute Gasteiger partial charge is 0.236 e. The van der Waals surface area contributed by atoms with Crippen molar-refractivity contribution in [3.8, 4) is 17.4 Å². The molecule has 1 atom stereocenters. The topological polar surface area (TPSA) is 70.9 Å². The number of hydrogen-bond acceptors (Lipinski definition) is 7. The molecule has 0 aromatic carbocycles. The zero-order chi connectivity index (χ0) is 21.8. The Bertz CT molecular complexity index is 900. The van der Waals surface area contributed by atoms with E-state index in [4.69, 9.17) is 24.0 Å². The van der Waals surface area contributed by atoms with Crippen LogP contribution in [0.1, 0.15) is 30.2 Å². The first-order valence-corrected chi connectivity index (χ1v) is 11.1. The van der Waals surface area contributed by atoms with E-state index in [1.165, 1.54) is 0 Å². The third-order valence-corrected chi connectivity index (χ3v) is 6.29. The molecule has 0 N–H and O–H groups in total. The molecule has 31 heavy (non-hydrogen) atoms. The summed E-state index contributed by atoms with van der Waals surface area (Å²) in [5, 5.41) is 4.89. The first-order chi connectivity index (χ1) is 15.0. The second-order valence-electron chi connectivity index (χ2n) is 8.89. The number of pyridine rings is 1. The van der Waals surface area contributed by atoms with Gasteiger partial charge in [-0.15, -0.1) is 5.10 Å². The number of nitrogens with zero attached hydrogens (tertiary/aromatic N) is 4. The Labute approximate surface area is 184 Å². The lowest BCUT2D eigenvalue weighted by atomic mass is 9.91. The van der Waals surface area contributed by atoms with Crippen LogP contribution in [-0.4, -0.2) is 79.9 Å². The molecule has 8 nitrogen and oxygen atoms in total. The summed E-state index contributed by atoms with van der Waals surface area (Å²) in [6.45, 7) is 10.2. The van der Waals surface area contributed by atoms with Crippen LogP contribution in [0, 0.1) is 12.3 Å². The highest BCUT2D eigenvalue weighted by atomic mass is 16.5. The molecule has 2 aromatic heterocycles. The minimum atomic E-state index is 0.115. The van der Waals surface area contributed by atoms with Crippen LogP contribution in [0.2, 0.25) is 0 Å². The molecular weight excluding hydrogens is 396 g/mol. The molecule has 1 fully saturated rings. The Balaban J connectivity index is 1.55. The first kappa shape index (κ1) is 22.0. The van der Waals surface area contributed by atoms with E-state index in [2.05, 4.69) is 22.9 Å². The third-order valence-electron chi connectivity index (χ3n) is 6.29. The van der Waals surface area contributed by atoms with E-state index in [1.54, 1.807) is 20.4 Å². The van der Waals surface area contributed by atoms with Gasteiger partial charge in [0.2, 0.25) is 11.8 Å². The molecule has 0 aliphatic carbocycles. The van der Waals surface area contributed by atoms with Crippen LogP contribution in [0.3, 0.4) is 0 Å². The molecule has 4 heterocycles. The summed E-state index contributed by atoms with van der Waals surface area (Å²) in [6.07, 6.45) is 4.54. The van der Waals surface area contributed by atoms with Crippen molar-refractivity contribution in [1.29, 1.82) is 0 Å². The number of ether oxygens (including phenoxy) is 4. The molecule has 2 aromatic rings. The van der Waals surface area contributed by atoms with Gasteiger partial charge in [0.1, 0.15) is 0 Å². The molecule has 2 aliphatic rings. The van der Waals surface area contributed by atoms with Gasteiger partial charge in [0.15, 0.2) is 0 Å². The van der Waals surface area contributed by atoms with E-state index in [0.717, 1.165) is 73.9 Å². The van der Waals surface area contributed by atoms with Crippen molar-refractivity contribution in [3.63, 3.8) is 0 Å². The summed E-state index contributed by atoms with van der Waals surface area (Å²) >= 11 is 0. The van der Waals surface area contributed by atoms with Gasteiger partial charge in [-0.05, 0) is 26.0 Å². The lowest BCUT2D eigenvalue weighted by Crippen LogP contribution is -2.31. The van der Waals surface area contributed by atoms with Gasteiger partial charge in [-0.2, -0.15) is 0 Å². The summed E-state index contributed by atoms with van der Waals surface area (Å²) in [4.78, 5) is 6.89. The molecule has 0 saturated carbocycles. The van der Waals surface area contributed by atoms with E-state index in [1.807, 2.05) is 11.6 Å². The van der Waals surface area contributed by atoms with Gasteiger partial charge in [-0.1, -0.05) is 6.92 Å². The van der Waals surface area contributed by atoms with Crippen molar-refractivity contribution in [1.82, 2.24) is 19.7 Å². The molecule has 2 aliphatic heterocycles. The third kappa shape index (κ3) is 4.86. The monoisotopic (exact) mass is 430 g/mol. The van der Waals surface area contributed by atoms with Crippen LogP contribution in [0.5, 0.6) is 11.8 Å². The van der Waals surface area contributed by atoms with Gasteiger partial charge in [0, 0.05) is 49.6 Å². The minimum absolute atomic E-state index is 0.115. The molecule has 0 spiro atoms. The molecule has 170 valence electrons. The predicted molar refractivity (Wildman–Crippen MR) is 117 cm³/mol. The molecule has 1 unspecified atom stereocenters. The number of aromatic nitrogens is 3. The largest absolute Gasteiger partial charge is 0.481 e. The molecule has 0 radical (unpaired) electrons. The van der Waals surface area contributed by atoms with Crippen LogP contribution in [0.25, 0.3) is 5.69 Å². The zero-order valence-corrected chi connectivity index (χ0v) is 19.1. The van der Waals surface area contributed by atoms with Gasteiger partial charge < -0.3 is 23.8 Å². The van der Waals surface area contributed by atoms with Crippen LogP contribution in [0.15, 0.2) is 12.3 Å². The maximum atomic E-state index is 6.39. The van der Waals surface area contributed by atoms with Crippen LogP contribution < -0.4 is 9.47 Å². The second kappa shape index (κ2) is 9.54. The highest BCUT2D eigenvalue weighted by Gasteiger charge is 2.35. The predicted octanol–water partition coefficient (Wildman–Crippen LogP) is 2.44. The number of rotatable bonds is 8. The normalized spacial score (nSPS) is 21.7. The van der Waals surface area contributed by atoms with Crippen molar-refractivity contribution in [2.75, 3.05) is 60.3 Å². The second-order valence-corrected chi connectivity index (χ2v) is 8.89. The van der Waals surface area contributed by atoms with Crippen LogP contribution >= 0.6 is 0 Å². The maximum Gasteiger partial charge on any atom is 0.236 e. The fraction of sp³-hybridized carbons (Fsp3) is 0.652. The van der Waals surface area contributed by atoms with E-state index < -0.39 is 0 Å². The lowest BCUT2D eigenvalue weighted by molar-refractivity contribution is 0.131. The van der Waals surface area contributed by atoms with Crippen molar-refractivity contribution >= 4 is 0 Å². The van der Waals surface area contributed by atoms with Gasteiger partial charge in [-0.25, -0.2) is 9.67 Å². The Kier molecular flexibility index (Phi) is 6.79. The van der Waals surface area contributed by atoms with E-state index >= 15 is 0 Å². The molecule has 0 amide bonds. The van der Waals surface area contributed by atoms with Gasteiger partial charge in [0.25, 0.3) is 0 Å².